The van der Waals surface area contributed by atoms with Gasteiger partial charge < -0.3 is 19.3 Å². The largest absolute Gasteiger partial charge is 0.469 e. The van der Waals surface area contributed by atoms with E-state index in [2.05, 4.69) is 103 Å². The number of ether oxygens (including phenoxy) is 2. The molecule has 2 N–H and O–H groups in total. The zero-order valence-corrected chi connectivity index (χ0v) is 30.2. The van der Waals surface area contributed by atoms with Crippen LogP contribution in [-0.2, 0) is 28.2 Å². The number of phosphoric acid groups is 1. The van der Waals surface area contributed by atoms with Gasteiger partial charge in [-0.25, -0.2) is 4.57 Å². The molecule has 0 aliphatic carbocycles. The summed E-state index contributed by atoms with van der Waals surface area (Å²) >= 11 is 0. The molecule has 0 spiro atoms. The number of carbonyl (C=O) groups excluding carboxylic acids is 2. The zero-order chi connectivity index (χ0) is 35.4. The summed E-state index contributed by atoms with van der Waals surface area (Å²) in [5.41, 5.74) is 0. The topological polar surface area (TPSA) is 119 Å². The fourth-order valence-corrected chi connectivity index (χ4v) is 4.44. The van der Waals surface area contributed by atoms with Gasteiger partial charge in [-0.1, -0.05) is 124 Å². The minimum absolute atomic E-state index is 0.134. The molecular formula is C39H61O8P. The molecule has 0 aromatic heterocycles. The summed E-state index contributed by atoms with van der Waals surface area (Å²) in [7, 11) is -4.78. The number of phosphoric ester groups is 1. The van der Waals surface area contributed by atoms with Crippen LogP contribution < -0.4 is 0 Å². The van der Waals surface area contributed by atoms with Crippen molar-refractivity contribution >= 4 is 19.8 Å². The minimum Gasteiger partial charge on any atom is -0.462 e. The van der Waals surface area contributed by atoms with Crippen molar-refractivity contribution in [1.29, 1.82) is 0 Å². The van der Waals surface area contributed by atoms with E-state index in [1.165, 1.54) is 0 Å². The van der Waals surface area contributed by atoms with E-state index >= 15 is 0 Å². The molecule has 0 aromatic carbocycles. The Kier molecular flexibility index (Phi) is 31.7. The third kappa shape index (κ3) is 35.8. The first-order valence-electron chi connectivity index (χ1n) is 17.5. The van der Waals surface area contributed by atoms with Gasteiger partial charge in [0.05, 0.1) is 6.61 Å². The van der Waals surface area contributed by atoms with Gasteiger partial charge in [-0.3, -0.25) is 14.1 Å². The normalized spacial score (nSPS) is 13.7. The summed E-state index contributed by atoms with van der Waals surface area (Å²) in [6, 6.07) is 0. The Morgan fingerprint density at radius 1 is 0.542 bits per heavy atom. The number of hydrogen-bond acceptors (Lipinski definition) is 6. The summed E-state index contributed by atoms with van der Waals surface area (Å²) in [6.45, 7) is 3.33. The monoisotopic (exact) mass is 688 g/mol. The van der Waals surface area contributed by atoms with Crippen LogP contribution in [0.3, 0.4) is 0 Å². The van der Waals surface area contributed by atoms with Gasteiger partial charge in [0.25, 0.3) is 0 Å². The first kappa shape index (κ1) is 45.0. The van der Waals surface area contributed by atoms with Crippen LogP contribution in [0.15, 0.2) is 97.2 Å². The molecule has 0 saturated heterocycles. The molecule has 1 unspecified atom stereocenters. The van der Waals surface area contributed by atoms with Crippen molar-refractivity contribution in [2.45, 2.75) is 123 Å². The van der Waals surface area contributed by atoms with Crippen molar-refractivity contribution in [2.24, 2.45) is 0 Å². The van der Waals surface area contributed by atoms with Crippen molar-refractivity contribution in [2.75, 3.05) is 13.2 Å². The van der Waals surface area contributed by atoms with Crippen LogP contribution in [0, 0.1) is 0 Å². The third-order valence-electron chi connectivity index (χ3n) is 6.61. The van der Waals surface area contributed by atoms with Gasteiger partial charge in [0, 0.05) is 12.8 Å². The van der Waals surface area contributed by atoms with Gasteiger partial charge in [0.15, 0.2) is 6.10 Å². The summed E-state index contributed by atoms with van der Waals surface area (Å²) in [4.78, 5) is 42.6. The second kappa shape index (κ2) is 33.9. The summed E-state index contributed by atoms with van der Waals surface area (Å²) in [5.74, 6) is -1.02. The molecule has 0 fully saturated rings. The van der Waals surface area contributed by atoms with Crippen LogP contribution in [0.1, 0.15) is 117 Å². The Bertz CT molecular complexity index is 1090. The molecule has 48 heavy (non-hydrogen) atoms. The quantitative estimate of drug-likeness (QED) is 0.0331. The van der Waals surface area contributed by atoms with Crippen LogP contribution >= 0.6 is 7.82 Å². The highest BCUT2D eigenvalue weighted by Crippen LogP contribution is 2.35. The first-order chi connectivity index (χ1) is 23.3. The third-order valence-corrected chi connectivity index (χ3v) is 7.10. The maximum absolute atomic E-state index is 12.3. The van der Waals surface area contributed by atoms with E-state index in [-0.39, 0.29) is 19.4 Å². The van der Waals surface area contributed by atoms with Crippen molar-refractivity contribution < 1.29 is 37.9 Å². The average molecular weight is 689 g/mol. The molecule has 0 saturated carbocycles. The zero-order valence-electron chi connectivity index (χ0n) is 29.3. The highest BCUT2D eigenvalue weighted by atomic mass is 31.2. The fourth-order valence-electron chi connectivity index (χ4n) is 4.08. The molecule has 0 rings (SSSR count). The number of esters is 2. The number of carbonyl (C=O) groups is 2. The Morgan fingerprint density at radius 3 is 1.46 bits per heavy atom. The number of unbranched alkanes of at least 4 members (excludes halogenated alkanes) is 4. The van der Waals surface area contributed by atoms with E-state index in [0.29, 0.717) is 12.8 Å². The Hall–Kier alpha value is -3.03. The molecule has 0 heterocycles. The summed E-state index contributed by atoms with van der Waals surface area (Å²) < 4.78 is 26.2. The second-order valence-corrected chi connectivity index (χ2v) is 12.3. The molecule has 1 atom stereocenters. The van der Waals surface area contributed by atoms with Crippen LogP contribution in [0.2, 0.25) is 0 Å². The highest BCUT2D eigenvalue weighted by molar-refractivity contribution is 7.46. The van der Waals surface area contributed by atoms with E-state index in [1.54, 1.807) is 0 Å². The lowest BCUT2D eigenvalue weighted by atomic mass is 10.1. The van der Waals surface area contributed by atoms with Gasteiger partial charge >= 0.3 is 19.8 Å². The lowest BCUT2D eigenvalue weighted by Gasteiger charge is -2.18. The average Bonchev–Trinajstić information content (AvgIpc) is 3.05. The number of rotatable bonds is 30. The molecule has 0 aromatic rings. The van der Waals surface area contributed by atoms with E-state index < -0.39 is 32.5 Å². The van der Waals surface area contributed by atoms with Crippen molar-refractivity contribution in [3.8, 4) is 0 Å². The van der Waals surface area contributed by atoms with Gasteiger partial charge in [-0.2, -0.15) is 0 Å². The van der Waals surface area contributed by atoms with E-state index in [9.17, 15) is 14.2 Å². The predicted molar refractivity (Wildman–Crippen MR) is 197 cm³/mol. The maximum Gasteiger partial charge on any atom is 0.469 e. The predicted octanol–water partition coefficient (Wildman–Crippen LogP) is 10.3. The van der Waals surface area contributed by atoms with Crippen LogP contribution in [-0.4, -0.2) is 41.0 Å². The van der Waals surface area contributed by atoms with Crippen molar-refractivity contribution in [3.05, 3.63) is 97.2 Å². The molecule has 8 nitrogen and oxygen atoms in total. The first-order valence-corrected chi connectivity index (χ1v) is 19.1. The Balaban J connectivity index is 4.18. The van der Waals surface area contributed by atoms with E-state index in [0.717, 1.165) is 77.0 Å². The standard InChI is InChI=1S/C39H61O8P/c1-3-5-7-9-11-13-15-17-18-19-20-22-24-26-28-30-32-34-39(41)47-37(36-46-48(42,43)44)35-45-38(40)33-31-29-27-25-23-21-16-14-12-10-8-6-4-2/h5-8,11-14,17-18,20-23,27,29,37H,3-4,9-10,15-16,19,24-26,28,30-36H2,1-2H3,(H2,42,43,44)/b7-5-,8-6-,13-11-,14-12-,18-17-,22-20-,23-21-,29-27-. The molecular weight excluding hydrogens is 627 g/mol. The van der Waals surface area contributed by atoms with Crippen molar-refractivity contribution in [1.82, 2.24) is 0 Å². The molecule has 0 aliphatic rings. The smallest absolute Gasteiger partial charge is 0.462 e. The SMILES string of the molecule is CC/C=C\C/C=C\C/C=C\C/C=C\CCCCCCC(=O)OC(COC(=O)CC/C=C\C/C=C\C/C=C\C/C=C\CC)COP(=O)(O)O. The molecule has 9 heteroatoms. The molecule has 270 valence electrons. The van der Waals surface area contributed by atoms with Gasteiger partial charge in [-0.15, -0.1) is 0 Å². The van der Waals surface area contributed by atoms with Crippen LogP contribution in [0.4, 0.5) is 0 Å². The van der Waals surface area contributed by atoms with Crippen molar-refractivity contribution in [3.63, 3.8) is 0 Å². The lowest BCUT2D eigenvalue weighted by Crippen LogP contribution is -2.29. The molecule has 0 amide bonds. The molecule has 0 bridgehead atoms. The van der Waals surface area contributed by atoms with E-state index in [4.69, 9.17) is 19.3 Å². The van der Waals surface area contributed by atoms with E-state index in [1.807, 2.05) is 12.2 Å². The summed E-state index contributed by atoms with van der Waals surface area (Å²) in [5, 5.41) is 0. The van der Waals surface area contributed by atoms with Crippen LogP contribution in [0.25, 0.3) is 0 Å². The number of hydrogen-bond donors (Lipinski definition) is 2. The van der Waals surface area contributed by atoms with Gasteiger partial charge in [-0.05, 0) is 77.0 Å². The molecule has 0 aliphatic heterocycles. The Morgan fingerprint density at radius 2 is 0.979 bits per heavy atom. The van der Waals surface area contributed by atoms with Crippen LogP contribution in [0.5, 0.6) is 0 Å². The fraction of sp³-hybridized carbons (Fsp3) is 0.538. The minimum atomic E-state index is -4.78. The lowest BCUT2D eigenvalue weighted by molar-refractivity contribution is -0.161. The molecule has 0 radical (unpaired) electrons. The number of allylic oxidation sites excluding steroid dienone is 16. The van der Waals surface area contributed by atoms with Gasteiger partial charge in [0.1, 0.15) is 6.61 Å². The van der Waals surface area contributed by atoms with Gasteiger partial charge in [0.2, 0.25) is 0 Å². The highest BCUT2D eigenvalue weighted by Gasteiger charge is 2.22. The summed E-state index contributed by atoms with van der Waals surface area (Å²) in [6.07, 6.45) is 45.7. The Labute approximate surface area is 290 Å². The second-order valence-electron chi connectivity index (χ2n) is 11.1. The maximum atomic E-state index is 12.3.